The van der Waals surface area contributed by atoms with E-state index in [9.17, 15) is 9.59 Å². The van der Waals surface area contributed by atoms with Crippen molar-refractivity contribution in [1.82, 2.24) is 35.4 Å². The summed E-state index contributed by atoms with van der Waals surface area (Å²) in [5.41, 5.74) is 1.86. The molecular formula is C22H29N7O2. The summed E-state index contributed by atoms with van der Waals surface area (Å²) >= 11 is 0. The molecule has 1 fully saturated rings. The van der Waals surface area contributed by atoms with Gasteiger partial charge in [0.05, 0.1) is 17.1 Å². The van der Waals surface area contributed by atoms with Crippen LogP contribution in [0.15, 0.2) is 24.3 Å². The lowest BCUT2D eigenvalue weighted by atomic mass is 10.1. The van der Waals surface area contributed by atoms with E-state index < -0.39 is 0 Å². The minimum absolute atomic E-state index is 0.00789. The van der Waals surface area contributed by atoms with E-state index in [0.717, 1.165) is 16.9 Å². The summed E-state index contributed by atoms with van der Waals surface area (Å²) in [6, 6.07) is 7.46. The average Bonchev–Trinajstić information content (AvgIpc) is 3.42. The maximum atomic E-state index is 13.1. The lowest BCUT2D eigenvalue weighted by molar-refractivity contribution is -0.132. The maximum Gasteiger partial charge on any atom is 0.223 e. The smallest absolute Gasteiger partial charge is 0.223 e. The van der Waals surface area contributed by atoms with Crippen LogP contribution in [-0.4, -0.2) is 54.5 Å². The Morgan fingerprint density at radius 2 is 2.06 bits per heavy atom. The van der Waals surface area contributed by atoms with E-state index in [2.05, 4.69) is 30.5 Å². The van der Waals surface area contributed by atoms with Gasteiger partial charge in [-0.3, -0.25) is 14.7 Å². The Labute approximate surface area is 181 Å². The van der Waals surface area contributed by atoms with Crippen molar-refractivity contribution in [2.45, 2.75) is 58.5 Å². The van der Waals surface area contributed by atoms with E-state index in [1.54, 1.807) is 4.90 Å². The first-order chi connectivity index (χ1) is 14.9. The van der Waals surface area contributed by atoms with Crippen LogP contribution in [0.3, 0.4) is 0 Å². The number of H-pyrrole nitrogens is 2. The molecule has 1 aliphatic heterocycles. The number of carbonyl (C=O) groups is 2. The van der Waals surface area contributed by atoms with E-state index in [4.69, 9.17) is 0 Å². The Bertz CT molecular complexity index is 1040. The number of aryl methyl sites for hydroxylation is 2. The number of para-hydroxylation sites is 2. The Morgan fingerprint density at radius 3 is 2.77 bits per heavy atom. The molecular weight excluding hydrogens is 394 g/mol. The average molecular weight is 424 g/mol. The fourth-order valence-electron chi connectivity index (χ4n) is 4.12. The molecule has 4 rings (SSSR count). The highest BCUT2D eigenvalue weighted by atomic mass is 16.2. The molecule has 2 aromatic heterocycles. The summed E-state index contributed by atoms with van der Waals surface area (Å²) in [5.74, 6) is 2.40. The molecule has 1 saturated heterocycles. The second-order valence-corrected chi connectivity index (χ2v) is 8.64. The Balaban J connectivity index is 1.44. The molecule has 1 aromatic carbocycles. The van der Waals surface area contributed by atoms with E-state index in [0.29, 0.717) is 43.9 Å². The van der Waals surface area contributed by atoms with Crippen molar-refractivity contribution < 1.29 is 9.59 Å². The second kappa shape index (κ2) is 8.87. The largest absolute Gasteiger partial charge is 0.351 e. The van der Waals surface area contributed by atoms with E-state index in [1.165, 1.54) is 0 Å². The first-order valence-corrected chi connectivity index (χ1v) is 10.8. The van der Waals surface area contributed by atoms with Crippen molar-refractivity contribution in [3.05, 3.63) is 41.7 Å². The number of fused-ring (bicyclic) bond motifs is 1. The number of imidazole rings is 1. The zero-order valence-corrected chi connectivity index (χ0v) is 18.2. The van der Waals surface area contributed by atoms with Gasteiger partial charge in [0.25, 0.3) is 0 Å². The number of nitrogens with one attached hydrogen (secondary N) is 3. The molecule has 31 heavy (non-hydrogen) atoms. The van der Waals surface area contributed by atoms with Crippen LogP contribution in [0.25, 0.3) is 11.0 Å². The summed E-state index contributed by atoms with van der Waals surface area (Å²) in [7, 11) is 0. The third kappa shape index (κ3) is 4.92. The molecule has 9 heteroatoms. The van der Waals surface area contributed by atoms with Gasteiger partial charge in [0, 0.05) is 31.8 Å². The van der Waals surface area contributed by atoms with Gasteiger partial charge in [0.15, 0.2) is 5.82 Å². The molecule has 3 aromatic rings. The first-order valence-electron chi connectivity index (χ1n) is 10.8. The maximum absolute atomic E-state index is 13.1. The quantitative estimate of drug-likeness (QED) is 0.539. The number of benzene rings is 1. The lowest BCUT2D eigenvalue weighted by Crippen LogP contribution is -2.39. The molecule has 3 N–H and O–H groups in total. The van der Waals surface area contributed by atoms with E-state index in [1.807, 2.05) is 45.0 Å². The highest BCUT2D eigenvalue weighted by Gasteiger charge is 2.38. The van der Waals surface area contributed by atoms with Crippen LogP contribution in [-0.2, 0) is 16.0 Å². The molecule has 0 radical (unpaired) electrons. The fourth-order valence-corrected chi connectivity index (χ4v) is 4.12. The van der Waals surface area contributed by atoms with Crippen LogP contribution >= 0.6 is 0 Å². The Hall–Kier alpha value is -3.23. The number of hydrogen-bond acceptors (Lipinski definition) is 5. The molecule has 164 valence electrons. The molecule has 0 unspecified atom stereocenters. The van der Waals surface area contributed by atoms with Crippen LogP contribution in [0.5, 0.6) is 0 Å². The Kier molecular flexibility index (Phi) is 6.01. The summed E-state index contributed by atoms with van der Waals surface area (Å²) in [6.07, 6.45) is 1.93. The van der Waals surface area contributed by atoms with Crippen molar-refractivity contribution >= 4 is 22.8 Å². The van der Waals surface area contributed by atoms with Crippen molar-refractivity contribution in [2.24, 2.45) is 5.92 Å². The number of aromatic nitrogens is 5. The first kappa shape index (κ1) is 21.0. The fraction of sp³-hybridized carbons (Fsp3) is 0.500. The number of amides is 2. The second-order valence-electron chi connectivity index (χ2n) is 8.64. The van der Waals surface area contributed by atoms with Gasteiger partial charge in [0.1, 0.15) is 11.6 Å². The standard InChI is InChI=1S/C22H29N7O2/c1-13(2)10-20(30)24-15-11-18(22-23-14(3)27-28-22)29(12-15)21(31)9-8-19-25-16-6-4-5-7-17(16)26-19/h4-7,13,15,18H,8-12H2,1-3H3,(H,24,30)(H,25,26)(H,23,27,28)/t15-,18-/m0/s1. The van der Waals surface area contributed by atoms with Crippen LogP contribution in [0, 0.1) is 12.8 Å². The van der Waals surface area contributed by atoms with Crippen LogP contribution in [0.2, 0.25) is 0 Å². The molecule has 1 aliphatic rings. The minimum atomic E-state index is -0.252. The molecule has 2 amide bonds. The predicted molar refractivity (Wildman–Crippen MR) is 116 cm³/mol. The van der Waals surface area contributed by atoms with Crippen molar-refractivity contribution in [3.8, 4) is 0 Å². The molecule has 3 heterocycles. The third-order valence-corrected chi connectivity index (χ3v) is 5.51. The minimum Gasteiger partial charge on any atom is -0.351 e. The summed E-state index contributed by atoms with van der Waals surface area (Å²) < 4.78 is 0. The lowest BCUT2D eigenvalue weighted by Gasteiger charge is -2.22. The zero-order chi connectivity index (χ0) is 22.0. The molecule has 0 saturated carbocycles. The van der Waals surface area contributed by atoms with Gasteiger partial charge in [-0.05, 0) is 31.4 Å². The number of nitrogens with zero attached hydrogens (tertiary/aromatic N) is 4. The topological polar surface area (TPSA) is 120 Å². The zero-order valence-electron chi connectivity index (χ0n) is 18.2. The van der Waals surface area contributed by atoms with Crippen LogP contribution < -0.4 is 5.32 Å². The molecule has 0 spiro atoms. The van der Waals surface area contributed by atoms with Gasteiger partial charge in [0.2, 0.25) is 11.8 Å². The van der Waals surface area contributed by atoms with E-state index in [-0.39, 0.29) is 29.8 Å². The van der Waals surface area contributed by atoms with E-state index >= 15 is 0 Å². The third-order valence-electron chi connectivity index (χ3n) is 5.51. The molecule has 2 atom stereocenters. The van der Waals surface area contributed by atoms with Gasteiger partial charge >= 0.3 is 0 Å². The van der Waals surface area contributed by atoms with Crippen molar-refractivity contribution in [1.29, 1.82) is 0 Å². The number of likely N-dealkylation sites (tertiary alicyclic amines) is 1. The SMILES string of the molecule is Cc1nc([C@@H]2C[C@H](NC(=O)CC(C)C)CN2C(=O)CCc2nc3ccccc3[nH]2)n[nH]1. The van der Waals surface area contributed by atoms with Crippen LogP contribution in [0.4, 0.5) is 0 Å². The Morgan fingerprint density at radius 1 is 1.26 bits per heavy atom. The van der Waals surface area contributed by atoms with Gasteiger partial charge in [-0.1, -0.05) is 26.0 Å². The van der Waals surface area contributed by atoms with Crippen molar-refractivity contribution in [2.75, 3.05) is 6.54 Å². The summed E-state index contributed by atoms with van der Waals surface area (Å²) in [4.78, 5) is 39.5. The van der Waals surface area contributed by atoms with Gasteiger partial charge < -0.3 is 15.2 Å². The summed E-state index contributed by atoms with van der Waals surface area (Å²) in [5, 5.41) is 10.2. The number of carbonyl (C=O) groups excluding carboxylic acids is 2. The monoisotopic (exact) mass is 423 g/mol. The van der Waals surface area contributed by atoms with Gasteiger partial charge in [-0.2, -0.15) is 5.10 Å². The van der Waals surface area contributed by atoms with Crippen molar-refractivity contribution in [3.63, 3.8) is 0 Å². The highest BCUT2D eigenvalue weighted by molar-refractivity contribution is 5.79. The number of hydrogen-bond donors (Lipinski definition) is 3. The van der Waals surface area contributed by atoms with Gasteiger partial charge in [-0.15, -0.1) is 0 Å². The normalized spacial score (nSPS) is 18.8. The number of rotatable bonds is 7. The summed E-state index contributed by atoms with van der Waals surface area (Å²) in [6.45, 7) is 6.32. The predicted octanol–water partition coefficient (Wildman–Crippen LogP) is 2.43. The molecule has 0 aliphatic carbocycles. The molecule has 0 bridgehead atoms. The van der Waals surface area contributed by atoms with Crippen LogP contribution in [0.1, 0.15) is 56.6 Å². The highest BCUT2D eigenvalue weighted by Crippen LogP contribution is 2.31. The molecule has 9 nitrogen and oxygen atoms in total. The number of aromatic amines is 2. The van der Waals surface area contributed by atoms with Gasteiger partial charge in [-0.25, -0.2) is 9.97 Å².